The van der Waals surface area contributed by atoms with Crippen LogP contribution in [-0.4, -0.2) is 15.8 Å². The number of nitrogens with zero attached hydrogens (tertiary/aromatic N) is 2. The quantitative estimate of drug-likeness (QED) is 0.599. The summed E-state index contributed by atoms with van der Waals surface area (Å²) in [4.78, 5) is 21.2. The molecule has 0 bridgehead atoms. The number of pyridine rings is 2. The normalized spacial score (nSPS) is 11.7. The zero-order valence-corrected chi connectivity index (χ0v) is 14.9. The summed E-state index contributed by atoms with van der Waals surface area (Å²) in [5.41, 5.74) is 2.64. The second kappa shape index (κ2) is 6.36. The molecular weight excluding hydrogens is 315 g/mol. The molecule has 3 aromatic rings. The first-order chi connectivity index (χ1) is 11.8. The molecule has 0 saturated heterocycles. The number of ketones is 1. The summed E-state index contributed by atoms with van der Waals surface area (Å²) in [6.07, 6.45) is 3.70. The van der Waals surface area contributed by atoms with Gasteiger partial charge in [-0.1, -0.05) is 30.7 Å². The van der Waals surface area contributed by atoms with E-state index in [0.717, 1.165) is 10.9 Å². The Morgan fingerprint density at radius 2 is 1.96 bits per heavy atom. The molecule has 0 aliphatic heterocycles. The summed E-state index contributed by atoms with van der Waals surface area (Å²) < 4.78 is 14.8. The lowest BCUT2D eigenvalue weighted by Crippen LogP contribution is -2.12. The van der Waals surface area contributed by atoms with Crippen LogP contribution in [0.4, 0.5) is 4.39 Å². The van der Waals surface area contributed by atoms with Crippen molar-refractivity contribution < 1.29 is 9.18 Å². The van der Waals surface area contributed by atoms with Crippen LogP contribution in [0.1, 0.15) is 48.7 Å². The highest BCUT2D eigenvalue weighted by atomic mass is 19.1. The van der Waals surface area contributed by atoms with Crippen LogP contribution in [0.5, 0.6) is 0 Å². The number of alkyl halides is 1. The third kappa shape index (κ3) is 3.29. The highest BCUT2D eigenvalue weighted by Crippen LogP contribution is 2.35. The second-order valence-electron chi connectivity index (χ2n) is 6.75. The SMILES string of the molecule is CCC(=O)c1cc(-c2ccc(C)cc2C(C)(C)F)nc2ccncc12. The van der Waals surface area contributed by atoms with E-state index in [-0.39, 0.29) is 5.78 Å². The number of Topliss-reactive ketones (excluding diaryl/α,β-unsaturated/α-hetero) is 1. The number of fused-ring (bicyclic) bond motifs is 1. The van der Waals surface area contributed by atoms with E-state index in [2.05, 4.69) is 9.97 Å². The molecule has 3 nitrogen and oxygen atoms in total. The number of aromatic nitrogens is 2. The largest absolute Gasteiger partial charge is 0.294 e. The van der Waals surface area contributed by atoms with Crippen LogP contribution in [0.25, 0.3) is 22.2 Å². The van der Waals surface area contributed by atoms with Crippen molar-refractivity contribution in [3.8, 4) is 11.3 Å². The Hall–Kier alpha value is -2.62. The van der Waals surface area contributed by atoms with Crippen molar-refractivity contribution in [3.05, 3.63) is 59.4 Å². The summed E-state index contributed by atoms with van der Waals surface area (Å²) in [5.74, 6) is 0.0230. The van der Waals surface area contributed by atoms with E-state index in [4.69, 9.17) is 0 Å². The molecular formula is C21H21FN2O. The first-order valence-corrected chi connectivity index (χ1v) is 8.39. The fraction of sp³-hybridized carbons (Fsp3) is 0.286. The second-order valence-corrected chi connectivity index (χ2v) is 6.75. The standard InChI is InChI=1S/C21H21FN2O/c1-5-20(25)15-11-19(24-18-8-9-23-12-16(15)18)14-7-6-13(2)10-17(14)21(3,4)22/h6-12H,5H2,1-4H3. The summed E-state index contributed by atoms with van der Waals surface area (Å²) in [7, 11) is 0. The number of carbonyl (C=O) groups excluding carboxylic acids is 1. The Balaban J connectivity index is 2.32. The Kier molecular flexibility index (Phi) is 4.38. The number of rotatable bonds is 4. The zero-order chi connectivity index (χ0) is 18.2. The van der Waals surface area contributed by atoms with E-state index in [1.807, 2.05) is 32.0 Å². The molecule has 0 spiro atoms. The van der Waals surface area contributed by atoms with Crippen molar-refractivity contribution in [2.45, 2.75) is 39.8 Å². The van der Waals surface area contributed by atoms with Crippen molar-refractivity contribution in [1.82, 2.24) is 9.97 Å². The summed E-state index contributed by atoms with van der Waals surface area (Å²) >= 11 is 0. The number of benzene rings is 1. The molecule has 0 N–H and O–H groups in total. The Morgan fingerprint density at radius 3 is 2.64 bits per heavy atom. The summed E-state index contributed by atoms with van der Waals surface area (Å²) in [5, 5.41) is 0.728. The Bertz CT molecular complexity index is 958. The molecule has 0 aliphatic rings. The van der Waals surface area contributed by atoms with Crippen LogP contribution in [0, 0.1) is 6.92 Å². The molecule has 0 amide bonds. The van der Waals surface area contributed by atoms with Gasteiger partial charge in [-0.25, -0.2) is 9.37 Å². The minimum Gasteiger partial charge on any atom is -0.294 e. The molecule has 2 heterocycles. The fourth-order valence-corrected chi connectivity index (χ4v) is 3.00. The van der Waals surface area contributed by atoms with Crippen LogP contribution in [0.15, 0.2) is 42.7 Å². The van der Waals surface area contributed by atoms with E-state index in [9.17, 15) is 9.18 Å². The van der Waals surface area contributed by atoms with Crippen LogP contribution < -0.4 is 0 Å². The van der Waals surface area contributed by atoms with Gasteiger partial charge in [0.1, 0.15) is 5.67 Å². The molecule has 0 unspecified atom stereocenters. The van der Waals surface area contributed by atoms with E-state index in [0.29, 0.717) is 34.3 Å². The zero-order valence-electron chi connectivity index (χ0n) is 14.9. The van der Waals surface area contributed by atoms with Gasteiger partial charge < -0.3 is 0 Å². The van der Waals surface area contributed by atoms with Crippen molar-refractivity contribution in [2.24, 2.45) is 0 Å². The van der Waals surface area contributed by atoms with Gasteiger partial charge in [0, 0.05) is 35.3 Å². The first-order valence-electron chi connectivity index (χ1n) is 8.39. The maximum absolute atomic E-state index is 14.8. The van der Waals surface area contributed by atoms with E-state index >= 15 is 0 Å². The van der Waals surface area contributed by atoms with Gasteiger partial charge in [0.15, 0.2) is 5.78 Å². The molecule has 2 aromatic heterocycles. The minimum atomic E-state index is -1.51. The van der Waals surface area contributed by atoms with Crippen molar-refractivity contribution in [1.29, 1.82) is 0 Å². The van der Waals surface area contributed by atoms with Crippen molar-refractivity contribution >= 4 is 16.7 Å². The molecule has 4 heteroatoms. The van der Waals surface area contributed by atoms with E-state index < -0.39 is 5.67 Å². The minimum absolute atomic E-state index is 0.0230. The van der Waals surface area contributed by atoms with Crippen molar-refractivity contribution in [2.75, 3.05) is 0 Å². The Labute approximate surface area is 146 Å². The molecule has 0 fully saturated rings. The van der Waals surface area contributed by atoms with Gasteiger partial charge in [-0.05, 0) is 38.5 Å². The molecule has 0 aliphatic carbocycles. The van der Waals surface area contributed by atoms with Crippen molar-refractivity contribution in [3.63, 3.8) is 0 Å². The molecule has 0 radical (unpaired) electrons. The van der Waals surface area contributed by atoms with Gasteiger partial charge in [0.05, 0.1) is 11.2 Å². The Morgan fingerprint density at radius 1 is 1.20 bits per heavy atom. The molecule has 128 valence electrons. The lowest BCUT2D eigenvalue weighted by molar-refractivity contribution is 0.0989. The molecule has 25 heavy (non-hydrogen) atoms. The van der Waals surface area contributed by atoms with Gasteiger partial charge in [0.2, 0.25) is 0 Å². The number of halogens is 1. The lowest BCUT2D eigenvalue weighted by Gasteiger charge is -2.20. The molecule has 3 rings (SSSR count). The first kappa shape index (κ1) is 17.2. The van der Waals surface area contributed by atoms with E-state index in [1.54, 1.807) is 24.5 Å². The molecule has 0 saturated carbocycles. The van der Waals surface area contributed by atoms with Gasteiger partial charge in [0.25, 0.3) is 0 Å². The van der Waals surface area contributed by atoms with Crippen LogP contribution in [-0.2, 0) is 5.67 Å². The third-order valence-corrected chi connectivity index (χ3v) is 4.32. The topological polar surface area (TPSA) is 42.9 Å². The summed E-state index contributed by atoms with van der Waals surface area (Å²) in [6, 6.07) is 9.19. The number of carbonyl (C=O) groups is 1. The summed E-state index contributed by atoms with van der Waals surface area (Å²) in [6.45, 7) is 6.83. The van der Waals surface area contributed by atoms with Gasteiger partial charge in [-0.3, -0.25) is 9.78 Å². The maximum Gasteiger partial charge on any atom is 0.163 e. The van der Waals surface area contributed by atoms with Gasteiger partial charge in [-0.15, -0.1) is 0 Å². The fourth-order valence-electron chi connectivity index (χ4n) is 3.00. The smallest absolute Gasteiger partial charge is 0.163 e. The average molecular weight is 336 g/mol. The predicted molar refractivity (Wildman–Crippen MR) is 98.5 cm³/mol. The molecule has 0 atom stereocenters. The average Bonchev–Trinajstić information content (AvgIpc) is 2.59. The monoisotopic (exact) mass is 336 g/mol. The highest BCUT2D eigenvalue weighted by Gasteiger charge is 2.24. The van der Waals surface area contributed by atoms with Crippen LogP contribution in [0.2, 0.25) is 0 Å². The van der Waals surface area contributed by atoms with E-state index in [1.165, 1.54) is 13.8 Å². The van der Waals surface area contributed by atoms with Crippen LogP contribution in [0.3, 0.4) is 0 Å². The number of hydrogen-bond donors (Lipinski definition) is 0. The number of hydrogen-bond acceptors (Lipinski definition) is 3. The van der Waals surface area contributed by atoms with Crippen LogP contribution >= 0.6 is 0 Å². The lowest BCUT2D eigenvalue weighted by atomic mass is 9.90. The highest BCUT2D eigenvalue weighted by molar-refractivity contribution is 6.08. The van der Waals surface area contributed by atoms with Gasteiger partial charge >= 0.3 is 0 Å². The third-order valence-electron chi connectivity index (χ3n) is 4.32. The maximum atomic E-state index is 14.8. The molecule has 1 aromatic carbocycles. The number of aryl methyl sites for hydroxylation is 1. The predicted octanol–water partition coefficient (Wildman–Crippen LogP) is 5.40. The van der Waals surface area contributed by atoms with Gasteiger partial charge in [-0.2, -0.15) is 0 Å².